The molecule has 4 rings (SSSR count). The fraction of sp³-hybridized carbons (Fsp3) is 0.424. The second-order valence-corrected chi connectivity index (χ2v) is 10.5. The summed E-state index contributed by atoms with van der Waals surface area (Å²) in [6.07, 6.45) is 12.5. The van der Waals surface area contributed by atoms with Gasteiger partial charge in [-0.1, -0.05) is 76.1 Å². The van der Waals surface area contributed by atoms with Crippen LogP contribution in [0.2, 0.25) is 0 Å². The van der Waals surface area contributed by atoms with Gasteiger partial charge in [0.25, 0.3) is 5.56 Å². The summed E-state index contributed by atoms with van der Waals surface area (Å²) in [5, 5.41) is 4.71. The molecule has 0 aliphatic carbocycles. The maximum absolute atomic E-state index is 12.1. The first-order valence-electron chi connectivity index (χ1n) is 14.2. The smallest absolute Gasteiger partial charge is 0.257 e. The first-order valence-corrected chi connectivity index (χ1v) is 14.2. The van der Waals surface area contributed by atoms with Crippen LogP contribution in [0, 0.1) is 12.8 Å². The number of likely N-dealkylation sites (tertiary alicyclic amines) is 1. The van der Waals surface area contributed by atoms with Crippen molar-refractivity contribution in [3.63, 3.8) is 0 Å². The molecule has 2 N–H and O–H groups in total. The van der Waals surface area contributed by atoms with Crippen LogP contribution in [0.5, 0.6) is 0 Å². The Hall–Kier alpha value is -3.51. The van der Waals surface area contributed by atoms with Gasteiger partial charge in [0, 0.05) is 12.4 Å². The molecule has 0 radical (unpaired) electrons. The molecule has 0 bridgehead atoms. The summed E-state index contributed by atoms with van der Waals surface area (Å²) in [4.78, 5) is 26.3. The van der Waals surface area contributed by atoms with Gasteiger partial charge in [-0.15, -0.1) is 0 Å². The van der Waals surface area contributed by atoms with Crippen molar-refractivity contribution in [2.24, 2.45) is 10.9 Å². The molecule has 3 aromatic rings. The quantitative estimate of drug-likeness (QED) is 0.239. The van der Waals surface area contributed by atoms with E-state index in [1.165, 1.54) is 37.1 Å². The summed E-state index contributed by atoms with van der Waals surface area (Å²) in [5.41, 5.74) is 3.59. The molecule has 1 fully saturated rings. The third kappa shape index (κ3) is 9.03. The average molecular weight is 528 g/mol. The molecule has 6 heteroatoms. The van der Waals surface area contributed by atoms with Gasteiger partial charge in [-0.2, -0.15) is 0 Å². The Labute approximate surface area is 234 Å². The normalized spacial score (nSPS) is 15.7. The molecule has 2 aromatic heterocycles. The van der Waals surface area contributed by atoms with Gasteiger partial charge in [0.05, 0.1) is 11.1 Å². The molecule has 0 saturated carbocycles. The SMILES string of the molecule is C=CC(=N/C=C\C(C)CC)Nc1cc2cc[nH]c(=O)c2c(CCC)n1.Cc1ccc(C2CCN(C)CC2)cc1. The number of anilines is 1. The Morgan fingerprint density at radius 3 is 2.59 bits per heavy atom. The number of nitrogens with zero attached hydrogens (tertiary/aromatic N) is 3. The largest absolute Gasteiger partial charge is 0.329 e. The minimum Gasteiger partial charge on any atom is -0.329 e. The predicted molar refractivity (Wildman–Crippen MR) is 167 cm³/mol. The minimum atomic E-state index is -0.103. The number of hydrogen-bond donors (Lipinski definition) is 2. The van der Waals surface area contributed by atoms with E-state index in [2.05, 4.69) is 96.8 Å². The summed E-state index contributed by atoms with van der Waals surface area (Å²) in [6, 6.07) is 12.8. The number of fused-ring (bicyclic) bond motifs is 1. The fourth-order valence-corrected chi connectivity index (χ4v) is 4.63. The molecule has 1 saturated heterocycles. The van der Waals surface area contributed by atoms with Crippen molar-refractivity contribution in [3.8, 4) is 0 Å². The third-order valence-corrected chi connectivity index (χ3v) is 7.31. The first-order chi connectivity index (χ1) is 18.8. The molecule has 1 atom stereocenters. The van der Waals surface area contributed by atoms with Crippen LogP contribution >= 0.6 is 0 Å². The standard InChI is InChI=1S/C20H26N4O.C13H19N/c1-5-8-16-19-15(10-12-22-20(19)25)13-18(23-16)24-17(7-3)21-11-9-14(4)6-2;1-11-3-5-12(6-4-11)13-7-9-14(2)10-8-13/h7,9-14H,3,5-6,8H2,1-2,4H3,(H,22,25)(H,21,23,24);3-6,13H,7-10H2,1-2H3/b11-9-;. The molecule has 0 spiro atoms. The Morgan fingerprint density at radius 1 is 1.23 bits per heavy atom. The summed E-state index contributed by atoms with van der Waals surface area (Å²) in [6.45, 7) is 14.8. The average Bonchev–Trinajstić information content (AvgIpc) is 2.94. The maximum Gasteiger partial charge on any atom is 0.257 e. The Morgan fingerprint density at radius 2 is 1.95 bits per heavy atom. The molecular weight excluding hydrogens is 482 g/mol. The molecule has 1 aromatic carbocycles. The van der Waals surface area contributed by atoms with E-state index in [9.17, 15) is 4.79 Å². The molecule has 1 aliphatic rings. The van der Waals surface area contributed by atoms with Crippen molar-refractivity contribution < 1.29 is 0 Å². The lowest BCUT2D eigenvalue weighted by molar-refractivity contribution is 0.255. The van der Waals surface area contributed by atoms with E-state index in [1.807, 2.05) is 12.1 Å². The Kier molecular flexibility index (Phi) is 11.7. The zero-order valence-corrected chi connectivity index (χ0v) is 24.3. The summed E-state index contributed by atoms with van der Waals surface area (Å²) in [7, 11) is 2.21. The summed E-state index contributed by atoms with van der Waals surface area (Å²) >= 11 is 0. The van der Waals surface area contributed by atoms with E-state index in [4.69, 9.17) is 0 Å². The van der Waals surface area contributed by atoms with Crippen LogP contribution in [0.15, 0.2) is 77.3 Å². The van der Waals surface area contributed by atoms with Crippen molar-refractivity contribution in [2.75, 3.05) is 25.5 Å². The lowest BCUT2D eigenvalue weighted by atomic mass is 9.89. The summed E-state index contributed by atoms with van der Waals surface area (Å²) < 4.78 is 0. The topological polar surface area (TPSA) is 73.4 Å². The highest BCUT2D eigenvalue weighted by molar-refractivity contribution is 6.04. The zero-order chi connectivity index (χ0) is 28.2. The number of allylic oxidation sites excluding steroid dienone is 1. The Balaban J connectivity index is 0.000000252. The number of hydrogen-bond acceptors (Lipinski definition) is 4. The lowest BCUT2D eigenvalue weighted by Gasteiger charge is -2.29. The molecule has 1 aliphatic heterocycles. The highest BCUT2D eigenvalue weighted by Crippen LogP contribution is 2.27. The lowest BCUT2D eigenvalue weighted by Crippen LogP contribution is -2.29. The Bertz CT molecular complexity index is 1310. The number of aromatic amines is 1. The van der Waals surface area contributed by atoms with Crippen LogP contribution in [0.1, 0.15) is 69.2 Å². The van der Waals surface area contributed by atoms with Gasteiger partial charge in [-0.25, -0.2) is 9.98 Å². The van der Waals surface area contributed by atoms with Crippen LogP contribution in [-0.4, -0.2) is 40.8 Å². The molecule has 6 nitrogen and oxygen atoms in total. The number of aromatic nitrogens is 2. The molecule has 39 heavy (non-hydrogen) atoms. The number of rotatable bonds is 8. The maximum atomic E-state index is 12.1. The number of aliphatic imine (C=N–C) groups is 1. The van der Waals surface area contributed by atoms with Crippen LogP contribution in [0.3, 0.4) is 0 Å². The third-order valence-electron chi connectivity index (χ3n) is 7.31. The molecule has 3 heterocycles. The number of nitrogens with one attached hydrogen (secondary N) is 2. The van der Waals surface area contributed by atoms with Gasteiger partial charge < -0.3 is 15.2 Å². The van der Waals surface area contributed by atoms with Gasteiger partial charge >= 0.3 is 0 Å². The number of aryl methyl sites for hydroxylation is 2. The van der Waals surface area contributed by atoms with Gasteiger partial charge in [0.15, 0.2) is 0 Å². The van der Waals surface area contributed by atoms with E-state index in [0.29, 0.717) is 23.0 Å². The highest BCUT2D eigenvalue weighted by atomic mass is 16.1. The second-order valence-electron chi connectivity index (χ2n) is 10.5. The van der Waals surface area contributed by atoms with E-state index < -0.39 is 0 Å². The number of pyridine rings is 2. The monoisotopic (exact) mass is 527 g/mol. The van der Waals surface area contributed by atoms with Crippen LogP contribution in [-0.2, 0) is 6.42 Å². The van der Waals surface area contributed by atoms with Gasteiger partial charge in [-0.05, 0) is 87.3 Å². The number of benzene rings is 1. The molecular formula is C33H45N5O. The summed E-state index contributed by atoms with van der Waals surface area (Å²) in [5.74, 6) is 2.57. The molecule has 0 amide bonds. The highest BCUT2D eigenvalue weighted by Gasteiger charge is 2.17. The number of H-pyrrole nitrogens is 1. The zero-order valence-electron chi connectivity index (χ0n) is 24.3. The van der Waals surface area contributed by atoms with Crippen molar-refractivity contribution in [1.29, 1.82) is 0 Å². The molecule has 208 valence electrons. The minimum absolute atomic E-state index is 0.103. The van der Waals surface area contributed by atoms with Crippen LogP contribution in [0.4, 0.5) is 5.82 Å². The predicted octanol–water partition coefficient (Wildman–Crippen LogP) is 7.24. The number of amidine groups is 1. The molecule has 1 unspecified atom stereocenters. The van der Waals surface area contributed by atoms with E-state index in [1.54, 1.807) is 18.5 Å². The van der Waals surface area contributed by atoms with E-state index >= 15 is 0 Å². The second kappa shape index (κ2) is 15.2. The first kappa shape index (κ1) is 30.0. The van der Waals surface area contributed by atoms with Crippen molar-refractivity contribution in [2.45, 2.75) is 65.7 Å². The van der Waals surface area contributed by atoms with Crippen LogP contribution in [0.25, 0.3) is 10.8 Å². The van der Waals surface area contributed by atoms with Crippen molar-refractivity contribution in [3.05, 3.63) is 94.7 Å². The van der Waals surface area contributed by atoms with Gasteiger partial charge in [0.2, 0.25) is 0 Å². The van der Waals surface area contributed by atoms with E-state index in [-0.39, 0.29) is 5.56 Å². The van der Waals surface area contributed by atoms with Crippen molar-refractivity contribution >= 4 is 22.4 Å². The number of piperidine rings is 1. The van der Waals surface area contributed by atoms with Gasteiger partial charge in [-0.3, -0.25) is 4.79 Å². The van der Waals surface area contributed by atoms with E-state index in [0.717, 1.165) is 36.3 Å². The fourth-order valence-electron chi connectivity index (χ4n) is 4.63. The van der Waals surface area contributed by atoms with Crippen LogP contribution < -0.4 is 10.9 Å². The van der Waals surface area contributed by atoms with Gasteiger partial charge in [0.1, 0.15) is 11.7 Å². The van der Waals surface area contributed by atoms with Crippen molar-refractivity contribution in [1.82, 2.24) is 14.9 Å².